The average Bonchev–Trinajstić information content (AvgIpc) is 3.17. The molecule has 0 saturated carbocycles. The smallest absolute Gasteiger partial charge is 0.238 e. The minimum atomic E-state index is -0.144. The first-order valence-corrected chi connectivity index (χ1v) is 7.96. The van der Waals surface area contributed by atoms with Gasteiger partial charge in [-0.1, -0.05) is 23.7 Å². The molecule has 23 heavy (non-hydrogen) atoms. The van der Waals surface area contributed by atoms with E-state index in [-0.39, 0.29) is 43.5 Å². The molecular formula is C17H13ClO3SU. The van der Waals surface area contributed by atoms with Crippen molar-refractivity contribution in [3.05, 3.63) is 70.0 Å². The van der Waals surface area contributed by atoms with Gasteiger partial charge in [-0.2, -0.15) is 0 Å². The van der Waals surface area contributed by atoms with Crippen molar-refractivity contribution >= 4 is 28.7 Å². The Morgan fingerprint density at radius 3 is 2.57 bits per heavy atom. The zero-order chi connectivity index (χ0) is 15.5. The number of aliphatic hydroxyl groups is 1. The van der Waals surface area contributed by atoms with E-state index in [4.69, 9.17) is 16.0 Å². The number of ketones is 1. The van der Waals surface area contributed by atoms with Crippen LogP contribution in [0.3, 0.4) is 0 Å². The number of hydrogen-bond donors (Lipinski definition) is 1. The number of aliphatic hydroxyl groups excluding tert-OH is 1. The molecule has 1 aromatic carbocycles. The van der Waals surface area contributed by atoms with E-state index in [1.165, 1.54) is 17.6 Å². The average molecular weight is 571 g/mol. The van der Waals surface area contributed by atoms with Gasteiger partial charge in [0.1, 0.15) is 0 Å². The summed E-state index contributed by atoms with van der Waals surface area (Å²) in [7, 11) is 0. The summed E-state index contributed by atoms with van der Waals surface area (Å²) >= 11 is 7.32. The van der Waals surface area contributed by atoms with E-state index in [1.54, 1.807) is 12.1 Å². The predicted molar refractivity (Wildman–Crippen MR) is 87.7 cm³/mol. The number of rotatable bonds is 5. The van der Waals surface area contributed by atoms with Crippen LogP contribution in [0.5, 0.6) is 0 Å². The number of benzene rings is 1. The first kappa shape index (κ1) is 18.5. The molecule has 0 bridgehead atoms. The van der Waals surface area contributed by atoms with Gasteiger partial charge in [-0.15, -0.1) is 11.3 Å². The molecule has 0 saturated heterocycles. The summed E-state index contributed by atoms with van der Waals surface area (Å²) in [5.74, 6) is 0.175. The fraction of sp³-hybridized carbons (Fsp3) is 0.118. The van der Waals surface area contributed by atoms with Crippen LogP contribution >= 0.6 is 22.9 Å². The maximum atomic E-state index is 12.4. The van der Waals surface area contributed by atoms with Crippen molar-refractivity contribution in [2.45, 2.75) is 6.42 Å². The number of furan rings is 1. The third kappa shape index (κ3) is 4.18. The number of hydrogen-bond acceptors (Lipinski definition) is 4. The summed E-state index contributed by atoms with van der Waals surface area (Å²) < 4.78 is 5.17. The first-order chi connectivity index (χ1) is 10.7. The summed E-state index contributed by atoms with van der Waals surface area (Å²) in [6.45, 7) is 0.0334. The first-order valence-electron chi connectivity index (χ1n) is 6.77. The van der Waals surface area contributed by atoms with Crippen LogP contribution in [0.1, 0.15) is 21.0 Å². The fourth-order valence-electron chi connectivity index (χ4n) is 2.22. The molecule has 6 heteroatoms. The maximum absolute atomic E-state index is 12.4. The van der Waals surface area contributed by atoms with Crippen LogP contribution in [0.4, 0.5) is 0 Å². The Labute approximate surface area is 166 Å². The zero-order valence-electron chi connectivity index (χ0n) is 12.1. The van der Waals surface area contributed by atoms with Gasteiger partial charge in [0.2, 0.25) is 5.78 Å². The Kier molecular flexibility index (Phi) is 6.70. The van der Waals surface area contributed by atoms with Crippen molar-refractivity contribution in [1.82, 2.24) is 0 Å². The number of thiophene rings is 1. The summed E-state index contributed by atoms with van der Waals surface area (Å²) in [6, 6.07) is 12.6. The van der Waals surface area contributed by atoms with E-state index < -0.39 is 0 Å². The van der Waals surface area contributed by atoms with Crippen LogP contribution in [0.25, 0.3) is 10.4 Å². The van der Waals surface area contributed by atoms with Crippen molar-refractivity contribution < 1.29 is 45.4 Å². The van der Waals surface area contributed by atoms with Crippen LogP contribution in [0.2, 0.25) is 5.02 Å². The van der Waals surface area contributed by atoms with Crippen LogP contribution in [-0.2, 0) is 6.42 Å². The van der Waals surface area contributed by atoms with Crippen molar-refractivity contribution in [2.24, 2.45) is 0 Å². The molecule has 0 amide bonds. The molecule has 3 aromatic rings. The van der Waals surface area contributed by atoms with E-state index >= 15 is 0 Å². The van der Waals surface area contributed by atoms with Gasteiger partial charge in [-0.05, 0) is 47.9 Å². The molecule has 0 fully saturated rings. The summed E-state index contributed by atoms with van der Waals surface area (Å²) in [5.41, 5.74) is 1.93. The number of carbonyl (C=O) groups is 1. The van der Waals surface area contributed by atoms with Crippen molar-refractivity contribution in [3.63, 3.8) is 0 Å². The number of carbonyl (C=O) groups excluding carboxylic acids is 1. The molecule has 3 rings (SSSR count). The molecule has 2 aromatic heterocycles. The summed E-state index contributed by atoms with van der Waals surface area (Å²) in [4.78, 5) is 14.0. The fourth-order valence-corrected chi connectivity index (χ4v) is 3.51. The minimum absolute atomic E-state index is 0. The van der Waals surface area contributed by atoms with Gasteiger partial charge in [-0.3, -0.25) is 4.79 Å². The normalized spacial score (nSPS) is 10.3. The molecule has 3 nitrogen and oxygen atoms in total. The largest absolute Gasteiger partial charge is 0.461 e. The molecular weight excluding hydrogens is 558 g/mol. The van der Waals surface area contributed by atoms with E-state index in [1.807, 2.05) is 30.3 Å². The second-order valence-corrected chi connectivity index (χ2v) is 6.24. The molecule has 2 heterocycles. The van der Waals surface area contributed by atoms with Gasteiger partial charge in [0.05, 0.1) is 11.1 Å². The Hall–Kier alpha value is -0.828. The van der Waals surface area contributed by atoms with Crippen molar-refractivity contribution in [2.75, 3.05) is 6.61 Å². The van der Waals surface area contributed by atoms with Gasteiger partial charge < -0.3 is 9.52 Å². The Balaban J connectivity index is 0.00000192. The Morgan fingerprint density at radius 2 is 1.96 bits per heavy atom. The zero-order valence-corrected chi connectivity index (χ0v) is 17.8. The molecule has 0 spiro atoms. The second kappa shape index (κ2) is 8.32. The Morgan fingerprint density at radius 1 is 1.22 bits per heavy atom. The second-order valence-electron chi connectivity index (χ2n) is 4.75. The molecule has 0 radical (unpaired) electrons. The molecule has 116 valence electrons. The maximum Gasteiger partial charge on any atom is 0.238 e. The van der Waals surface area contributed by atoms with Crippen LogP contribution < -0.4 is 0 Å². The van der Waals surface area contributed by atoms with Gasteiger partial charge in [0, 0.05) is 47.6 Å². The van der Waals surface area contributed by atoms with Gasteiger partial charge >= 0.3 is 0 Å². The predicted octanol–water partition coefficient (Wildman–Crippen LogP) is 4.43. The quantitative estimate of drug-likeness (QED) is 0.462. The molecule has 0 unspecified atom stereocenters. The molecule has 0 atom stereocenters. The molecule has 0 aliphatic rings. The molecule has 1 N–H and O–H groups in total. The Bertz CT molecular complexity index is 779. The van der Waals surface area contributed by atoms with Crippen molar-refractivity contribution in [3.8, 4) is 10.4 Å². The molecule has 0 aliphatic carbocycles. The summed E-state index contributed by atoms with van der Waals surface area (Å²) in [5, 5.41) is 9.91. The van der Waals surface area contributed by atoms with E-state index in [9.17, 15) is 9.90 Å². The van der Waals surface area contributed by atoms with Crippen molar-refractivity contribution in [1.29, 1.82) is 0 Å². The van der Waals surface area contributed by atoms with E-state index in [0.717, 1.165) is 16.0 Å². The third-order valence-corrected chi connectivity index (χ3v) is 4.74. The number of halogens is 1. The van der Waals surface area contributed by atoms with Crippen LogP contribution in [0.15, 0.2) is 53.1 Å². The summed E-state index contributed by atoms with van der Waals surface area (Å²) in [6.07, 6.45) is 1.98. The SMILES string of the molecule is O=C(c1ccco1)c1cc(CCO)c(-c2ccc(Cl)cc2)s1.[U]. The van der Waals surface area contributed by atoms with E-state index in [0.29, 0.717) is 22.1 Å². The monoisotopic (exact) mass is 570 g/mol. The van der Waals surface area contributed by atoms with Gasteiger partial charge in [0.15, 0.2) is 5.76 Å². The topological polar surface area (TPSA) is 50.4 Å². The van der Waals surface area contributed by atoms with Gasteiger partial charge in [0.25, 0.3) is 0 Å². The van der Waals surface area contributed by atoms with Crippen LogP contribution in [0, 0.1) is 31.1 Å². The molecule has 0 aliphatic heterocycles. The van der Waals surface area contributed by atoms with Crippen LogP contribution in [-0.4, -0.2) is 17.5 Å². The van der Waals surface area contributed by atoms with E-state index in [2.05, 4.69) is 0 Å². The van der Waals surface area contributed by atoms with Gasteiger partial charge in [-0.25, -0.2) is 0 Å². The standard InChI is InChI=1S/C17H13ClO3S.U/c18-13-5-3-11(4-6-13)17-12(7-8-19)10-15(22-17)16(20)14-2-1-9-21-14;/h1-6,9-10,19H,7-8H2;. The third-order valence-electron chi connectivity index (χ3n) is 3.27. The minimum Gasteiger partial charge on any atom is -0.461 e.